The topological polar surface area (TPSA) is 47.9 Å². The zero-order chi connectivity index (χ0) is 10.3. The summed E-state index contributed by atoms with van der Waals surface area (Å²) in [5, 5.41) is 9.90. The molecule has 1 atom stereocenters. The SMILES string of the molecule is O[C@@H]1CCCOc2cc3c(cc21)OCO3. The minimum atomic E-state index is -0.461. The summed E-state index contributed by atoms with van der Waals surface area (Å²) in [6.07, 6.45) is 1.13. The molecule has 80 valence electrons. The first kappa shape index (κ1) is 8.85. The second kappa shape index (κ2) is 3.31. The Bertz CT molecular complexity index is 388. The Morgan fingerprint density at radius 1 is 1.07 bits per heavy atom. The van der Waals surface area contributed by atoms with Crippen molar-refractivity contribution in [3.05, 3.63) is 17.7 Å². The highest BCUT2D eigenvalue weighted by Gasteiger charge is 2.23. The lowest BCUT2D eigenvalue weighted by molar-refractivity contribution is 0.165. The van der Waals surface area contributed by atoms with E-state index in [0.29, 0.717) is 23.9 Å². The van der Waals surface area contributed by atoms with Crippen LogP contribution in [-0.2, 0) is 0 Å². The van der Waals surface area contributed by atoms with E-state index in [4.69, 9.17) is 14.2 Å². The molecule has 15 heavy (non-hydrogen) atoms. The third kappa shape index (κ3) is 1.41. The van der Waals surface area contributed by atoms with Crippen molar-refractivity contribution in [2.45, 2.75) is 18.9 Å². The van der Waals surface area contributed by atoms with Gasteiger partial charge in [-0.05, 0) is 18.9 Å². The van der Waals surface area contributed by atoms with Gasteiger partial charge in [-0.2, -0.15) is 0 Å². The molecule has 0 fully saturated rings. The lowest BCUT2D eigenvalue weighted by Gasteiger charge is -2.11. The first-order chi connectivity index (χ1) is 7.34. The molecule has 2 heterocycles. The van der Waals surface area contributed by atoms with Gasteiger partial charge >= 0.3 is 0 Å². The molecule has 0 saturated carbocycles. The molecule has 0 amide bonds. The van der Waals surface area contributed by atoms with Crippen molar-refractivity contribution in [1.82, 2.24) is 0 Å². The van der Waals surface area contributed by atoms with Crippen molar-refractivity contribution in [2.75, 3.05) is 13.4 Å². The van der Waals surface area contributed by atoms with Crippen LogP contribution in [0.5, 0.6) is 17.2 Å². The summed E-state index contributed by atoms with van der Waals surface area (Å²) in [7, 11) is 0. The normalized spacial score (nSPS) is 22.9. The first-order valence-corrected chi connectivity index (χ1v) is 5.09. The fourth-order valence-corrected chi connectivity index (χ4v) is 1.94. The molecule has 0 bridgehead atoms. The highest BCUT2D eigenvalue weighted by Crippen LogP contribution is 2.42. The maximum Gasteiger partial charge on any atom is 0.231 e. The Balaban J connectivity index is 2.09. The molecule has 0 radical (unpaired) electrons. The second-order valence-electron chi connectivity index (χ2n) is 3.75. The van der Waals surface area contributed by atoms with Gasteiger partial charge in [0, 0.05) is 11.6 Å². The van der Waals surface area contributed by atoms with Gasteiger partial charge in [0.15, 0.2) is 11.5 Å². The van der Waals surface area contributed by atoms with E-state index in [1.165, 1.54) is 0 Å². The van der Waals surface area contributed by atoms with Crippen molar-refractivity contribution in [3.8, 4) is 17.2 Å². The summed E-state index contributed by atoms with van der Waals surface area (Å²) in [4.78, 5) is 0. The number of hydrogen-bond donors (Lipinski definition) is 1. The fraction of sp³-hybridized carbons (Fsp3) is 0.455. The van der Waals surface area contributed by atoms with Gasteiger partial charge in [-0.15, -0.1) is 0 Å². The van der Waals surface area contributed by atoms with Gasteiger partial charge in [-0.25, -0.2) is 0 Å². The van der Waals surface area contributed by atoms with Crippen molar-refractivity contribution >= 4 is 0 Å². The van der Waals surface area contributed by atoms with E-state index in [1.54, 1.807) is 6.07 Å². The van der Waals surface area contributed by atoms with Crippen LogP contribution in [0.3, 0.4) is 0 Å². The van der Waals surface area contributed by atoms with E-state index in [0.717, 1.165) is 18.4 Å². The smallest absolute Gasteiger partial charge is 0.231 e. The zero-order valence-corrected chi connectivity index (χ0v) is 8.23. The number of ether oxygens (including phenoxy) is 3. The first-order valence-electron chi connectivity index (χ1n) is 5.09. The molecule has 2 aliphatic heterocycles. The molecule has 0 saturated heterocycles. The van der Waals surface area contributed by atoms with Crippen LogP contribution in [0.15, 0.2) is 12.1 Å². The van der Waals surface area contributed by atoms with Crippen LogP contribution >= 0.6 is 0 Å². The quantitative estimate of drug-likeness (QED) is 0.703. The summed E-state index contributed by atoms with van der Waals surface area (Å²) in [5.41, 5.74) is 0.803. The van der Waals surface area contributed by atoms with Crippen LogP contribution in [0.1, 0.15) is 24.5 Å². The van der Waals surface area contributed by atoms with Crippen LogP contribution in [0, 0.1) is 0 Å². The summed E-state index contributed by atoms with van der Waals surface area (Å²) >= 11 is 0. The van der Waals surface area contributed by atoms with Crippen LogP contribution in [0.4, 0.5) is 0 Å². The maximum atomic E-state index is 9.90. The highest BCUT2D eigenvalue weighted by molar-refractivity contribution is 5.52. The summed E-state index contributed by atoms with van der Waals surface area (Å²) in [5.74, 6) is 2.10. The average Bonchev–Trinajstić information content (AvgIpc) is 2.62. The molecule has 0 unspecified atom stereocenters. The Hall–Kier alpha value is -1.42. The molecule has 4 heteroatoms. The van der Waals surface area contributed by atoms with Gasteiger partial charge in [0.2, 0.25) is 6.79 Å². The Labute approximate surface area is 87.4 Å². The molecule has 0 aliphatic carbocycles. The number of aliphatic hydroxyl groups excluding tert-OH is 1. The molecule has 1 aromatic carbocycles. The Morgan fingerprint density at radius 2 is 1.87 bits per heavy atom. The third-order valence-electron chi connectivity index (χ3n) is 2.74. The highest BCUT2D eigenvalue weighted by atomic mass is 16.7. The van der Waals surface area contributed by atoms with Gasteiger partial charge < -0.3 is 19.3 Å². The monoisotopic (exact) mass is 208 g/mol. The molecule has 3 rings (SSSR count). The molecule has 0 spiro atoms. The van der Waals surface area contributed by atoms with Crippen molar-refractivity contribution in [3.63, 3.8) is 0 Å². The Kier molecular flexibility index (Phi) is 1.95. The third-order valence-corrected chi connectivity index (χ3v) is 2.74. The van der Waals surface area contributed by atoms with Gasteiger partial charge in [-0.3, -0.25) is 0 Å². The van der Waals surface area contributed by atoms with Crippen LogP contribution in [0.2, 0.25) is 0 Å². The number of benzene rings is 1. The number of aliphatic hydroxyl groups is 1. The predicted octanol–water partition coefficient (Wildman–Crippen LogP) is 1.62. The molecule has 1 aromatic rings. The average molecular weight is 208 g/mol. The predicted molar refractivity (Wildman–Crippen MR) is 52.3 cm³/mol. The standard InChI is InChI=1S/C11H12O4/c12-8-2-1-3-13-9-5-11-10(4-7(8)9)14-6-15-11/h4-5,8,12H,1-3,6H2/t8-/m1/s1. The summed E-state index contributed by atoms with van der Waals surface area (Å²) in [6.45, 7) is 0.887. The van der Waals surface area contributed by atoms with E-state index in [2.05, 4.69) is 0 Å². The summed E-state index contributed by atoms with van der Waals surface area (Å²) < 4.78 is 16.1. The van der Waals surface area contributed by atoms with E-state index in [-0.39, 0.29) is 6.79 Å². The van der Waals surface area contributed by atoms with Gasteiger partial charge in [0.25, 0.3) is 0 Å². The van der Waals surface area contributed by atoms with E-state index >= 15 is 0 Å². The number of fused-ring (bicyclic) bond motifs is 2. The minimum absolute atomic E-state index is 0.244. The van der Waals surface area contributed by atoms with Crippen LogP contribution in [0.25, 0.3) is 0 Å². The van der Waals surface area contributed by atoms with E-state index in [9.17, 15) is 5.11 Å². The molecular weight excluding hydrogens is 196 g/mol. The van der Waals surface area contributed by atoms with E-state index < -0.39 is 6.10 Å². The van der Waals surface area contributed by atoms with Crippen molar-refractivity contribution in [2.24, 2.45) is 0 Å². The molecule has 1 N–H and O–H groups in total. The van der Waals surface area contributed by atoms with Crippen molar-refractivity contribution in [1.29, 1.82) is 0 Å². The van der Waals surface area contributed by atoms with Crippen LogP contribution < -0.4 is 14.2 Å². The number of hydrogen-bond acceptors (Lipinski definition) is 4. The summed E-state index contributed by atoms with van der Waals surface area (Å²) in [6, 6.07) is 3.61. The second-order valence-corrected chi connectivity index (χ2v) is 3.75. The molecule has 0 aromatic heterocycles. The van der Waals surface area contributed by atoms with Crippen LogP contribution in [-0.4, -0.2) is 18.5 Å². The van der Waals surface area contributed by atoms with Crippen molar-refractivity contribution < 1.29 is 19.3 Å². The van der Waals surface area contributed by atoms with Gasteiger partial charge in [-0.1, -0.05) is 0 Å². The Morgan fingerprint density at radius 3 is 2.73 bits per heavy atom. The molecular formula is C11H12O4. The lowest BCUT2D eigenvalue weighted by atomic mass is 10.0. The van der Waals surface area contributed by atoms with Gasteiger partial charge in [0.05, 0.1) is 12.7 Å². The fourth-order valence-electron chi connectivity index (χ4n) is 1.94. The van der Waals surface area contributed by atoms with E-state index in [1.807, 2.05) is 6.07 Å². The zero-order valence-electron chi connectivity index (χ0n) is 8.23. The largest absolute Gasteiger partial charge is 0.493 e. The maximum absolute atomic E-state index is 9.90. The minimum Gasteiger partial charge on any atom is -0.493 e. The van der Waals surface area contributed by atoms with Gasteiger partial charge in [0.1, 0.15) is 5.75 Å². The molecule has 2 aliphatic rings. The number of rotatable bonds is 0. The molecule has 4 nitrogen and oxygen atoms in total. The lowest BCUT2D eigenvalue weighted by Crippen LogP contribution is -1.96.